The Morgan fingerprint density at radius 1 is 1.43 bits per heavy atom. The van der Waals surface area contributed by atoms with Crippen LogP contribution in [-0.2, 0) is 0 Å². The van der Waals surface area contributed by atoms with Crippen molar-refractivity contribution in [3.8, 4) is 5.75 Å². The normalized spacial score (nSPS) is 23.4. The van der Waals surface area contributed by atoms with Gasteiger partial charge in [0.1, 0.15) is 6.10 Å². The summed E-state index contributed by atoms with van der Waals surface area (Å²) in [5.74, 6) is 0.394. The van der Waals surface area contributed by atoms with Crippen molar-refractivity contribution in [1.29, 1.82) is 0 Å². The van der Waals surface area contributed by atoms with Crippen LogP contribution in [0.1, 0.15) is 38.7 Å². The van der Waals surface area contributed by atoms with Crippen LogP contribution in [0.15, 0.2) is 18.2 Å². The fraction of sp³-hybridized carbons (Fsp3) is 0.625. The minimum Gasteiger partial charge on any atom is -0.483 e. The Bertz CT molecular complexity index is 526. The quantitative estimate of drug-likeness (QED) is 0.644. The van der Waals surface area contributed by atoms with Crippen molar-refractivity contribution in [2.45, 2.75) is 52.2 Å². The molecule has 1 saturated carbocycles. The van der Waals surface area contributed by atoms with Crippen LogP contribution in [0.25, 0.3) is 0 Å². The Morgan fingerprint density at radius 3 is 2.62 bits per heavy atom. The van der Waals surface area contributed by atoms with E-state index in [2.05, 4.69) is 19.2 Å². The largest absolute Gasteiger partial charge is 0.483 e. The number of para-hydroxylation sites is 1. The highest BCUT2D eigenvalue weighted by molar-refractivity contribution is 5.52. The molecule has 0 saturated heterocycles. The lowest BCUT2D eigenvalue weighted by Gasteiger charge is -2.55. The topological polar surface area (TPSA) is 64.4 Å². The molecule has 2 atom stereocenters. The Hall–Kier alpha value is -1.62. The number of nitro benzene ring substituents is 1. The third kappa shape index (κ3) is 2.50. The minimum absolute atomic E-state index is 0.0328. The van der Waals surface area contributed by atoms with Crippen LogP contribution in [0.5, 0.6) is 5.75 Å². The third-order valence-corrected chi connectivity index (χ3v) is 5.10. The average Bonchev–Trinajstić information content (AvgIpc) is 2.44. The first-order chi connectivity index (χ1) is 10.00. The fourth-order valence-electron chi connectivity index (χ4n) is 3.63. The fourth-order valence-corrected chi connectivity index (χ4v) is 3.63. The molecule has 0 radical (unpaired) electrons. The smallest absolute Gasteiger partial charge is 0.313 e. The molecule has 0 aliphatic heterocycles. The zero-order valence-corrected chi connectivity index (χ0v) is 13.2. The van der Waals surface area contributed by atoms with E-state index in [-0.39, 0.29) is 22.1 Å². The van der Waals surface area contributed by atoms with Gasteiger partial charge in [-0.05, 0) is 32.9 Å². The number of nitrogens with one attached hydrogen (secondary N) is 1. The van der Waals surface area contributed by atoms with E-state index >= 15 is 0 Å². The molecule has 0 amide bonds. The molecule has 116 valence electrons. The van der Waals surface area contributed by atoms with Crippen molar-refractivity contribution < 1.29 is 9.66 Å². The predicted octanol–water partition coefficient (Wildman–Crippen LogP) is 3.45. The lowest BCUT2D eigenvalue weighted by atomic mass is 9.58. The molecule has 1 aromatic rings. The summed E-state index contributed by atoms with van der Waals surface area (Å²) in [6.45, 7) is 6.07. The molecule has 5 nitrogen and oxygen atoms in total. The maximum absolute atomic E-state index is 11.3. The van der Waals surface area contributed by atoms with Gasteiger partial charge in [0, 0.05) is 23.4 Å². The monoisotopic (exact) mass is 292 g/mol. The van der Waals surface area contributed by atoms with Gasteiger partial charge in [0.15, 0.2) is 5.75 Å². The van der Waals surface area contributed by atoms with E-state index in [1.54, 1.807) is 19.1 Å². The van der Waals surface area contributed by atoms with Crippen LogP contribution in [-0.4, -0.2) is 24.1 Å². The van der Waals surface area contributed by atoms with Crippen LogP contribution < -0.4 is 10.1 Å². The molecule has 5 heteroatoms. The number of rotatable bonds is 6. The van der Waals surface area contributed by atoms with Crippen molar-refractivity contribution in [3.05, 3.63) is 33.9 Å². The Labute approximate surface area is 125 Å². The average molecular weight is 292 g/mol. The summed E-state index contributed by atoms with van der Waals surface area (Å²) in [7, 11) is 1.97. The van der Waals surface area contributed by atoms with Gasteiger partial charge in [-0.25, -0.2) is 0 Å². The van der Waals surface area contributed by atoms with Crippen molar-refractivity contribution in [2.75, 3.05) is 7.05 Å². The van der Waals surface area contributed by atoms with Crippen molar-refractivity contribution in [2.24, 2.45) is 5.41 Å². The molecular formula is C16H24N2O3. The van der Waals surface area contributed by atoms with E-state index in [0.29, 0.717) is 17.4 Å². The number of nitro groups is 1. The molecule has 0 heterocycles. The Balaban J connectivity index is 2.27. The summed E-state index contributed by atoms with van der Waals surface area (Å²) in [6.07, 6.45) is 2.92. The first-order valence-electron chi connectivity index (χ1n) is 7.58. The van der Waals surface area contributed by atoms with Gasteiger partial charge in [-0.2, -0.15) is 0 Å². The highest BCUT2D eigenvalue weighted by Crippen LogP contribution is 2.49. The zero-order chi connectivity index (χ0) is 15.6. The van der Waals surface area contributed by atoms with E-state index < -0.39 is 0 Å². The predicted molar refractivity (Wildman–Crippen MR) is 82.7 cm³/mol. The van der Waals surface area contributed by atoms with Gasteiger partial charge in [-0.3, -0.25) is 10.1 Å². The van der Waals surface area contributed by atoms with Crippen molar-refractivity contribution in [3.63, 3.8) is 0 Å². The van der Waals surface area contributed by atoms with Gasteiger partial charge in [-0.15, -0.1) is 0 Å². The Kier molecular flexibility index (Phi) is 4.52. The SMILES string of the molecule is CCC1(CC)C(NC)CC1Oc1cccc(C)c1[N+](=O)[O-]. The second-order valence-electron chi connectivity index (χ2n) is 5.80. The highest BCUT2D eigenvalue weighted by Gasteiger charge is 2.54. The third-order valence-electron chi connectivity index (χ3n) is 5.10. The molecule has 0 spiro atoms. The summed E-state index contributed by atoms with van der Waals surface area (Å²) in [6, 6.07) is 5.68. The highest BCUT2D eigenvalue weighted by atomic mass is 16.6. The standard InChI is InChI=1S/C16H24N2O3/c1-5-16(6-2)13(17-4)10-14(16)21-12-9-7-8-11(3)15(12)18(19)20/h7-9,13-14,17H,5-6,10H2,1-4H3. The summed E-state index contributed by atoms with van der Waals surface area (Å²) in [5.41, 5.74) is 0.791. The molecule has 0 aromatic heterocycles. The van der Waals surface area contributed by atoms with Crippen LogP contribution in [0.2, 0.25) is 0 Å². The van der Waals surface area contributed by atoms with Gasteiger partial charge in [0.2, 0.25) is 0 Å². The molecular weight excluding hydrogens is 268 g/mol. The van der Waals surface area contributed by atoms with Crippen LogP contribution in [0.4, 0.5) is 5.69 Å². The van der Waals surface area contributed by atoms with Crippen molar-refractivity contribution >= 4 is 5.69 Å². The van der Waals surface area contributed by atoms with E-state index in [0.717, 1.165) is 19.3 Å². The lowest BCUT2D eigenvalue weighted by molar-refractivity contribution is -0.386. The Morgan fingerprint density at radius 2 is 2.10 bits per heavy atom. The number of ether oxygens (including phenoxy) is 1. The molecule has 1 N–H and O–H groups in total. The molecule has 1 fully saturated rings. The summed E-state index contributed by atoms with van der Waals surface area (Å²) < 4.78 is 6.07. The van der Waals surface area contributed by atoms with Gasteiger partial charge in [0.25, 0.3) is 0 Å². The maximum Gasteiger partial charge on any atom is 0.313 e. The minimum atomic E-state index is -0.349. The first-order valence-corrected chi connectivity index (χ1v) is 7.58. The summed E-state index contributed by atoms with van der Waals surface area (Å²) >= 11 is 0. The van der Waals surface area contributed by atoms with Crippen LogP contribution in [0, 0.1) is 22.5 Å². The van der Waals surface area contributed by atoms with Crippen molar-refractivity contribution in [1.82, 2.24) is 5.32 Å². The number of benzene rings is 1. The van der Waals surface area contributed by atoms with E-state index in [4.69, 9.17) is 4.74 Å². The molecule has 1 aliphatic carbocycles. The number of hydrogen-bond acceptors (Lipinski definition) is 4. The van der Waals surface area contributed by atoms with E-state index in [1.165, 1.54) is 0 Å². The second-order valence-corrected chi connectivity index (χ2v) is 5.80. The number of aryl methyl sites for hydroxylation is 1. The molecule has 21 heavy (non-hydrogen) atoms. The summed E-state index contributed by atoms with van der Waals surface area (Å²) in [5, 5.41) is 14.6. The number of nitrogens with zero attached hydrogens (tertiary/aromatic N) is 1. The van der Waals surface area contributed by atoms with Gasteiger partial charge < -0.3 is 10.1 Å². The zero-order valence-electron chi connectivity index (χ0n) is 13.2. The summed E-state index contributed by atoms with van der Waals surface area (Å²) in [4.78, 5) is 10.9. The molecule has 2 unspecified atom stereocenters. The van der Waals surface area contributed by atoms with E-state index in [9.17, 15) is 10.1 Å². The number of hydrogen-bond donors (Lipinski definition) is 1. The molecule has 2 rings (SSSR count). The van der Waals surface area contributed by atoms with Gasteiger partial charge in [-0.1, -0.05) is 26.0 Å². The lowest BCUT2D eigenvalue weighted by Crippen LogP contribution is -2.63. The molecule has 0 bridgehead atoms. The van der Waals surface area contributed by atoms with Crippen LogP contribution >= 0.6 is 0 Å². The second kappa shape index (κ2) is 6.02. The molecule has 1 aliphatic rings. The van der Waals surface area contributed by atoms with Crippen LogP contribution in [0.3, 0.4) is 0 Å². The van der Waals surface area contributed by atoms with Gasteiger partial charge in [0.05, 0.1) is 4.92 Å². The van der Waals surface area contributed by atoms with Gasteiger partial charge >= 0.3 is 5.69 Å². The first kappa shape index (κ1) is 15.8. The van der Waals surface area contributed by atoms with E-state index in [1.807, 2.05) is 13.1 Å². The molecule has 1 aromatic carbocycles. The maximum atomic E-state index is 11.3.